The highest BCUT2D eigenvalue weighted by Gasteiger charge is 2.22. The Morgan fingerprint density at radius 1 is 1.43 bits per heavy atom. The number of ether oxygens (including phenoxy) is 1. The van der Waals surface area contributed by atoms with Crippen molar-refractivity contribution in [3.05, 3.63) is 24.3 Å². The van der Waals surface area contributed by atoms with Crippen molar-refractivity contribution in [2.75, 3.05) is 24.2 Å². The number of hydrogen-bond acceptors (Lipinski definition) is 6. The van der Waals surface area contributed by atoms with Crippen molar-refractivity contribution < 1.29 is 4.74 Å². The van der Waals surface area contributed by atoms with Gasteiger partial charge in [-0.25, -0.2) is 4.98 Å². The molecule has 0 radical (unpaired) electrons. The van der Waals surface area contributed by atoms with E-state index in [1.807, 2.05) is 19.2 Å². The molecular weight excluding hydrogens is 268 g/mol. The first kappa shape index (κ1) is 13.7. The molecule has 112 valence electrons. The summed E-state index contributed by atoms with van der Waals surface area (Å²) in [4.78, 5) is 8.59. The van der Waals surface area contributed by atoms with E-state index < -0.39 is 0 Å². The maximum absolute atomic E-state index is 5.88. The normalized spacial score (nSPS) is 14.1. The molecular formula is C14H20N6O. The van der Waals surface area contributed by atoms with Crippen LogP contribution in [0.1, 0.15) is 18.7 Å². The van der Waals surface area contributed by atoms with E-state index >= 15 is 0 Å². The lowest BCUT2D eigenvalue weighted by Crippen LogP contribution is -2.10. The minimum atomic E-state index is 0.517. The lowest BCUT2D eigenvalue weighted by molar-refractivity contribution is 0.290. The van der Waals surface area contributed by atoms with Gasteiger partial charge in [0, 0.05) is 20.0 Å². The second kappa shape index (κ2) is 5.99. The van der Waals surface area contributed by atoms with Gasteiger partial charge in [0.2, 0.25) is 5.88 Å². The van der Waals surface area contributed by atoms with Crippen LogP contribution in [0.2, 0.25) is 0 Å². The van der Waals surface area contributed by atoms with Crippen LogP contribution in [0.5, 0.6) is 5.88 Å². The Kier molecular flexibility index (Phi) is 3.89. The molecule has 0 aromatic carbocycles. The monoisotopic (exact) mass is 288 g/mol. The smallest absolute Gasteiger partial charge is 0.239 e. The molecule has 0 bridgehead atoms. The zero-order valence-corrected chi connectivity index (χ0v) is 12.1. The number of anilines is 2. The molecule has 0 amide bonds. The highest BCUT2D eigenvalue weighted by molar-refractivity contribution is 5.53. The van der Waals surface area contributed by atoms with E-state index in [-0.39, 0.29) is 0 Å². The molecule has 1 aliphatic carbocycles. The highest BCUT2D eigenvalue weighted by Crippen LogP contribution is 2.30. The molecule has 1 saturated carbocycles. The summed E-state index contributed by atoms with van der Waals surface area (Å²) in [6, 6.07) is 3.67. The van der Waals surface area contributed by atoms with Crippen molar-refractivity contribution >= 4 is 11.5 Å². The van der Waals surface area contributed by atoms with E-state index in [1.54, 1.807) is 11.0 Å². The Morgan fingerprint density at radius 3 is 3.00 bits per heavy atom. The molecule has 0 unspecified atom stereocenters. The van der Waals surface area contributed by atoms with Gasteiger partial charge in [0.05, 0.1) is 12.3 Å². The first-order valence-electron chi connectivity index (χ1n) is 7.18. The van der Waals surface area contributed by atoms with Gasteiger partial charge in [0.1, 0.15) is 12.1 Å². The predicted molar refractivity (Wildman–Crippen MR) is 80.1 cm³/mol. The van der Waals surface area contributed by atoms with Crippen molar-refractivity contribution in [1.29, 1.82) is 0 Å². The highest BCUT2D eigenvalue weighted by atomic mass is 16.5. The Balaban J connectivity index is 1.53. The quantitative estimate of drug-likeness (QED) is 0.796. The number of nitrogens with one attached hydrogen (secondary N) is 1. The van der Waals surface area contributed by atoms with Crippen molar-refractivity contribution in [3.8, 4) is 5.88 Å². The minimum Gasteiger partial charge on any atom is -0.476 e. The van der Waals surface area contributed by atoms with E-state index in [1.165, 1.54) is 12.8 Å². The van der Waals surface area contributed by atoms with E-state index in [9.17, 15) is 0 Å². The molecule has 0 atom stereocenters. The van der Waals surface area contributed by atoms with Crippen LogP contribution in [0, 0.1) is 5.92 Å². The topological polar surface area (TPSA) is 90.9 Å². The molecule has 3 N–H and O–H groups in total. The van der Waals surface area contributed by atoms with Gasteiger partial charge >= 0.3 is 0 Å². The van der Waals surface area contributed by atoms with Gasteiger partial charge < -0.3 is 15.8 Å². The zero-order chi connectivity index (χ0) is 14.7. The van der Waals surface area contributed by atoms with Crippen LogP contribution in [0.3, 0.4) is 0 Å². The van der Waals surface area contributed by atoms with Gasteiger partial charge in [-0.3, -0.25) is 4.68 Å². The summed E-state index contributed by atoms with van der Waals surface area (Å²) in [5, 5.41) is 7.47. The van der Waals surface area contributed by atoms with E-state index in [0.717, 1.165) is 18.1 Å². The molecule has 1 fully saturated rings. The lowest BCUT2D eigenvalue weighted by atomic mass is 10.3. The Morgan fingerprint density at radius 2 is 2.29 bits per heavy atom. The summed E-state index contributed by atoms with van der Waals surface area (Å²) in [6.45, 7) is 1.42. The molecule has 2 heterocycles. The fraction of sp³-hybridized carbons (Fsp3) is 0.500. The van der Waals surface area contributed by atoms with Gasteiger partial charge in [-0.15, -0.1) is 0 Å². The van der Waals surface area contributed by atoms with Crippen molar-refractivity contribution in [2.45, 2.75) is 19.3 Å². The third-order valence-electron chi connectivity index (χ3n) is 3.34. The van der Waals surface area contributed by atoms with Gasteiger partial charge in [-0.05, 0) is 30.9 Å². The number of hydrogen-bond donors (Lipinski definition) is 2. The minimum absolute atomic E-state index is 0.517. The van der Waals surface area contributed by atoms with Gasteiger partial charge in [0.25, 0.3) is 0 Å². The SMILES string of the molecule is Cn1cnc(CCNc2ccc(N)c(OCC3CC3)n2)n1. The maximum atomic E-state index is 5.88. The van der Waals surface area contributed by atoms with Crippen molar-refractivity contribution in [2.24, 2.45) is 13.0 Å². The van der Waals surface area contributed by atoms with Crippen LogP contribution in [0.4, 0.5) is 11.5 Å². The summed E-state index contributed by atoms with van der Waals surface area (Å²) in [5.74, 6) is 2.76. The number of aromatic nitrogens is 4. The number of nitrogens with zero attached hydrogens (tertiary/aromatic N) is 4. The van der Waals surface area contributed by atoms with Crippen LogP contribution in [-0.4, -0.2) is 32.9 Å². The zero-order valence-electron chi connectivity index (χ0n) is 12.1. The molecule has 3 rings (SSSR count). The summed E-state index contributed by atoms with van der Waals surface area (Å²) in [5.41, 5.74) is 6.46. The molecule has 21 heavy (non-hydrogen) atoms. The van der Waals surface area contributed by atoms with Crippen molar-refractivity contribution in [1.82, 2.24) is 19.7 Å². The van der Waals surface area contributed by atoms with Crippen molar-refractivity contribution in [3.63, 3.8) is 0 Å². The van der Waals surface area contributed by atoms with E-state index in [2.05, 4.69) is 20.4 Å². The number of pyridine rings is 1. The largest absolute Gasteiger partial charge is 0.476 e. The summed E-state index contributed by atoms with van der Waals surface area (Å²) in [6.07, 6.45) is 4.93. The molecule has 0 spiro atoms. The summed E-state index contributed by atoms with van der Waals surface area (Å²) < 4.78 is 7.36. The Labute approximate surface area is 123 Å². The number of aryl methyl sites for hydroxylation is 1. The first-order valence-corrected chi connectivity index (χ1v) is 7.18. The third kappa shape index (κ3) is 3.84. The number of rotatable bonds is 7. The van der Waals surface area contributed by atoms with Crippen LogP contribution in [0.25, 0.3) is 0 Å². The average Bonchev–Trinajstić information content (AvgIpc) is 3.21. The third-order valence-corrected chi connectivity index (χ3v) is 3.34. The van der Waals surface area contributed by atoms with Crippen LogP contribution >= 0.6 is 0 Å². The average molecular weight is 288 g/mol. The van der Waals surface area contributed by atoms with Gasteiger partial charge in [0.15, 0.2) is 5.82 Å². The van der Waals surface area contributed by atoms with Gasteiger partial charge in [-0.1, -0.05) is 0 Å². The fourth-order valence-electron chi connectivity index (χ4n) is 1.95. The maximum Gasteiger partial charge on any atom is 0.239 e. The predicted octanol–water partition coefficient (Wildman–Crippen LogP) is 1.24. The van der Waals surface area contributed by atoms with Crippen LogP contribution < -0.4 is 15.8 Å². The molecule has 2 aromatic heterocycles. The number of nitrogen functional groups attached to an aromatic ring is 1. The van der Waals surface area contributed by atoms with Gasteiger partial charge in [-0.2, -0.15) is 10.1 Å². The molecule has 2 aromatic rings. The molecule has 7 heteroatoms. The number of nitrogens with two attached hydrogens (primary N) is 1. The standard InChI is InChI=1S/C14H20N6O/c1-20-9-17-13(19-20)6-7-16-12-5-4-11(15)14(18-12)21-8-10-2-3-10/h4-5,9-10H,2-3,6-8,15H2,1H3,(H,16,18). The molecule has 7 nitrogen and oxygen atoms in total. The summed E-state index contributed by atoms with van der Waals surface area (Å²) >= 11 is 0. The fourth-order valence-corrected chi connectivity index (χ4v) is 1.95. The second-order valence-electron chi connectivity index (χ2n) is 5.36. The molecule has 1 aliphatic rings. The van der Waals surface area contributed by atoms with E-state index in [4.69, 9.17) is 10.5 Å². The Hall–Kier alpha value is -2.31. The molecule has 0 saturated heterocycles. The summed E-state index contributed by atoms with van der Waals surface area (Å²) in [7, 11) is 1.86. The Bertz CT molecular complexity index is 607. The van der Waals surface area contributed by atoms with E-state index in [0.29, 0.717) is 30.6 Å². The van der Waals surface area contributed by atoms with Crippen LogP contribution in [-0.2, 0) is 13.5 Å². The second-order valence-corrected chi connectivity index (χ2v) is 5.36. The molecule has 0 aliphatic heterocycles. The lowest BCUT2D eigenvalue weighted by Gasteiger charge is -2.10. The van der Waals surface area contributed by atoms with Crippen LogP contribution in [0.15, 0.2) is 18.5 Å². The first-order chi connectivity index (χ1) is 10.2.